The Labute approximate surface area is 382 Å². The summed E-state index contributed by atoms with van der Waals surface area (Å²) < 4.78 is 5.38. The SMILES string of the molecule is CC1CN(c2ccccc2CC2CCNC2=O)C(C)CN1.CN1CCN(c2ccccc2CC2CCCNC2=O)CC1.COc1ccc(N2CCN(C)CC2)c(CC2CCNC2=O)c1. The molecule has 6 aliphatic heterocycles. The lowest BCUT2D eigenvalue weighted by Crippen LogP contribution is -2.54. The molecule has 3 aromatic rings. The molecular formula is C51H75N9O4. The lowest BCUT2D eigenvalue weighted by Gasteiger charge is -2.40. The van der Waals surface area contributed by atoms with E-state index < -0.39 is 0 Å². The summed E-state index contributed by atoms with van der Waals surface area (Å²) in [5, 5.41) is 12.4. The van der Waals surface area contributed by atoms with Crippen molar-refractivity contribution in [2.24, 2.45) is 17.8 Å². The first-order chi connectivity index (χ1) is 31.1. The summed E-state index contributed by atoms with van der Waals surface area (Å²) in [6.07, 6.45) is 6.53. The fraction of sp³-hybridized carbons (Fsp3) is 0.588. The maximum absolute atomic E-state index is 12.0. The molecule has 0 saturated carbocycles. The number of likely N-dealkylation sites (N-methyl/N-ethyl adjacent to an activating group) is 2. The van der Waals surface area contributed by atoms with Crippen molar-refractivity contribution in [2.45, 2.75) is 70.9 Å². The second kappa shape index (κ2) is 22.9. The fourth-order valence-electron chi connectivity index (χ4n) is 10.1. The molecule has 64 heavy (non-hydrogen) atoms. The second-order valence-corrected chi connectivity index (χ2v) is 18.9. The highest BCUT2D eigenvalue weighted by Gasteiger charge is 2.30. The number of hydrogen-bond donors (Lipinski definition) is 4. The van der Waals surface area contributed by atoms with E-state index in [4.69, 9.17) is 4.74 Å². The summed E-state index contributed by atoms with van der Waals surface area (Å²) in [6, 6.07) is 24.4. The third kappa shape index (κ3) is 12.5. The minimum atomic E-state index is 0.0957. The molecule has 13 heteroatoms. The molecule has 13 nitrogen and oxygen atoms in total. The number of ether oxygens (including phenoxy) is 1. The summed E-state index contributed by atoms with van der Waals surface area (Å²) in [5.74, 6) is 1.88. The van der Waals surface area contributed by atoms with E-state index in [0.717, 1.165) is 136 Å². The van der Waals surface area contributed by atoms with Gasteiger partial charge in [0.15, 0.2) is 0 Å². The summed E-state index contributed by atoms with van der Waals surface area (Å²) in [7, 11) is 6.03. The van der Waals surface area contributed by atoms with Gasteiger partial charge < -0.3 is 50.5 Å². The maximum Gasteiger partial charge on any atom is 0.223 e. The summed E-state index contributed by atoms with van der Waals surface area (Å²) in [4.78, 5) is 47.9. The van der Waals surface area contributed by atoms with Crippen LogP contribution in [0.1, 0.15) is 56.2 Å². The normalized spacial score (nSPS) is 25.4. The summed E-state index contributed by atoms with van der Waals surface area (Å²) in [6.45, 7) is 17.6. The van der Waals surface area contributed by atoms with E-state index in [2.05, 4.69) is 134 Å². The number of amides is 3. The van der Waals surface area contributed by atoms with Gasteiger partial charge >= 0.3 is 0 Å². The molecule has 0 aromatic heterocycles. The molecule has 6 fully saturated rings. The summed E-state index contributed by atoms with van der Waals surface area (Å²) in [5.41, 5.74) is 7.74. The van der Waals surface area contributed by atoms with Crippen LogP contribution < -0.4 is 40.7 Å². The first-order valence-corrected chi connectivity index (χ1v) is 24.1. The van der Waals surface area contributed by atoms with Crippen LogP contribution in [0.25, 0.3) is 0 Å². The van der Waals surface area contributed by atoms with Gasteiger partial charge in [-0.1, -0.05) is 36.4 Å². The van der Waals surface area contributed by atoms with E-state index in [1.807, 2.05) is 6.07 Å². The van der Waals surface area contributed by atoms with Gasteiger partial charge in [0.2, 0.25) is 17.7 Å². The van der Waals surface area contributed by atoms with Crippen molar-refractivity contribution in [3.63, 3.8) is 0 Å². The molecular weight excluding hydrogens is 803 g/mol. The van der Waals surface area contributed by atoms with Crippen LogP contribution >= 0.6 is 0 Å². The average molecular weight is 878 g/mol. The van der Waals surface area contributed by atoms with Gasteiger partial charge in [-0.2, -0.15) is 0 Å². The Hall–Kier alpha value is -4.85. The Kier molecular flexibility index (Phi) is 16.8. The predicted octanol–water partition coefficient (Wildman–Crippen LogP) is 4.18. The zero-order valence-electron chi connectivity index (χ0n) is 39.2. The molecule has 5 unspecified atom stereocenters. The van der Waals surface area contributed by atoms with E-state index in [0.29, 0.717) is 12.1 Å². The Bertz CT molecular complexity index is 2000. The first-order valence-electron chi connectivity index (χ1n) is 24.1. The minimum Gasteiger partial charge on any atom is -0.497 e. The van der Waals surface area contributed by atoms with Crippen LogP contribution in [0.15, 0.2) is 66.7 Å². The zero-order valence-corrected chi connectivity index (χ0v) is 39.2. The number of piperidine rings is 1. The minimum absolute atomic E-state index is 0.0957. The smallest absolute Gasteiger partial charge is 0.223 e. The molecule has 348 valence electrons. The van der Waals surface area contributed by atoms with Crippen LogP contribution in [0.4, 0.5) is 17.1 Å². The van der Waals surface area contributed by atoms with Crippen molar-refractivity contribution in [3.05, 3.63) is 83.4 Å². The number of nitrogens with one attached hydrogen (secondary N) is 4. The number of piperazine rings is 3. The van der Waals surface area contributed by atoms with Crippen molar-refractivity contribution in [1.82, 2.24) is 31.1 Å². The van der Waals surface area contributed by atoms with E-state index >= 15 is 0 Å². The molecule has 4 N–H and O–H groups in total. The van der Waals surface area contributed by atoms with Gasteiger partial charge in [0, 0.05) is 132 Å². The number of carbonyl (C=O) groups is 3. The Morgan fingerprint density at radius 3 is 1.59 bits per heavy atom. The molecule has 6 aliphatic rings. The van der Waals surface area contributed by atoms with Crippen LogP contribution in [0.3, 0.4) is 0 Å². The van der Waals surface area contributed by atoms with Gasteiger partial charge in [0.25, 0.3) is 0 Å². The number of hydrogen-bond acceptors (Lipinski definition) is 10. The van der Waals surface area contributed by atoms with Gasteiger partial charge in [0.1, 0.15) is 5.75 Å². The highest BCUT2D eigenvalue weighted by Crippen LogP contribution is 2.32. The highest BCUT2D eigenvalue weighted by atomic mass is 16.5. The number of methoxy groups -OCH3 is 1. The average Bonchev–Trinajstić information content (AvgIpc) is 3.92. The number of carbonyl (C=O) groups excluding carboxylic acids is 3. The number of anilines is 3. The van der Waals surface area contributed by atoms with Crippen molar-refractivity contribution in [3.8, 4) is 5.75 Å². The molecule has 3 amide bonds. The van der Waals surface area contributed by atoms with Crippen LogP contribution in [0, 0.1) is 17.8 Å². The first kappa shape index (κ1) is 47.1. The van der Waals surface area contributed by atoms with E-state index in [1.165, 1.54) is 33.8 Å². The van der Waals surface area contributed by atoms with E-state index in [9.17, 15) is 14.4 Å². The number of para-hydroxylation sites is 2. The van der Waals surface area contributed by atoms with Crippen LogP contribution in [-0.4, -0.2) is 146 Å². The zero-order chi connectivity index (χ0) is 45.0. The number of benzene rings is 3. The summed E-state index contributed by atoms with van der Waals surface area (Å²) >= 11 is 0. The Morgan fingerprint density at radius 1 is 0.578 bits per heavy atom. The van der Waals surface area contributed by atoms with Crippen LogP contribution in [-0.2, 0) is 33.6 Å². The lowest BCUT2D eigenvalue weighted by atomic mass is 9.90. The standard InChI is InChI=1S/C17H25N3O2.2C17H25N3O/c1-19-7-9-20(10-8-19)16-4-3-15(22-2)12-14(16)11-13-5-6-18-17(13)21;1-12-11-20(13(2)10-19-12)16-6-4-3-5-14(16)9-15-7-8-18-17(15)21;1-19-9-11-20(12-10-19)16-7-3-2-5-14(16)13-15-6-4-8-18-17(15)21/h3-4,12-13H,5-11H2,1-2H3,(H,18,21);3-6,12-13,15,19H,7-11H2,1-2H3,(H,18,21);2-3,5,7,15H,4,6,8-13H2,1H3,(H,18,21). The monoisotopic (exact) mass is 878 g/mol. The molecule has 9 rings (SSSR count). The molecule has 6 heterocycles. The van der Waals surface area contributed by atoms with Crippen molar-refractivity contribution >= 4 is 34.8 Å². The van der Waals surface area contributed by atoms with Gasteiger partial charge in [-0.15, -0.1) is 0 Å². The van der Waals surface area contributed by atoms with Gasteiger partial charge in [-0.05, 0) is 120 Å². The van der Waals surface area contributed by atoms with Crippen molar-refractivity contribution in [2.75, 3.05) is 121 Å². The lowest BCUT2D eigenvalue weighted by molar-refractivity contribution is -0.126. The molecule has 0 spiro atoms. The number of rotatable bonds is 10. The van der Waals surface area contributed by atoms with E-state index in [1.54, 1.807) is 7.11 Å². The molecule has 5 atom stereocenters. The molecule has 3 aromatic carbocycles. The van der Waals surface area contributed by atoms with Crippen LogP contribution in [0.2, 0.25) is 0 Å². The topological polar surface area (TPSA) is 125 Å². The Morgan fingerprint density at radius 2 is 1.06 bits per heavy atom. The fourth-order valence-corrected chi connectivity index (χ4v) is 10.1. The molecule has 6 saturated heterocycles. The largest absolute Gasteiger partial charge is 0.497 e. The van der Waals surface area contributed by atoms with E-state index in [-0.39, 0.29) is 35.5 Å². The molecule has 0 radical (unpaired) electrons. The maximum atomic E-state index is 12.0. The van der Waals surface area contributed by atoms with Gasteiger partial charge in [0.05, 0.1) is 7.11 Å². The van der Waals surface area contributed by atoms with Crippen molar-refractivity contribution < 1.29 is 19.1 Å². The van der Waals surface area contributed by atoms with Gasteiger partial charge in [-0.3, -0.25) is 14.4 Å². The number of nitrogens with zero attached hydrogens (tertiary/aromatic N) is 5. The molecule has 0 bridgehead atoms. The third-order valence-electron chi connectivity index (χ3n) is 14.2. The van der Waals surface area contributed by atoms with Crippen molar-refractivity contribution in [1.29, 1.82) is 0 Å². The highest BCUT2D eigenvalue weighted by molar-refractivity contribution is 5.82. The Balaban J connectivity index is 0.000000144. The van der Waals surface area contributed by atoms with Gasteiger partial charge in [-0.25, -0.2) is 0 Å². The third-order valence-corrected chi connectivity index (χ3v) is 14.2. The van der Waals surface area contributed by atoms with Crippen LogP contribution in [0.5, 0.6) is 5.75 Å². The predicted molar refractivity (Wildman–Crippen MR) is 259 cm³/mol. The quantitative estimate of drug-likeness (QED) is 0.236. The second-order valence-electron chi connectivity index (χ2n) is 18.9. The molecule has 0 aliphatic carbocycles.